The first-order valence-electron chi connectivity index (χ1n) is 7.13. The Hall–Kier alpha value is -2.89. The Kier molecular flexibility index (Phi) is 4.64. The summed E-state index contributed by atoms with van der Waals surface area (Å²) in [6.07, 6.45) is 1.67. The van der Waals surface area contributed by atoms with Crippen molar-refractivity contribution in [3.8, 4) is 5.75 Å². The molecule has 1 aromatic carbocycles. The number of benzene rings is 1. The Balaban J connectivity index is 2.37. The largest absolute Gasteiger partial charge is 0.507 e. The SMILES string of the molecule is CNC(=O)c1cc(C(=O)Nc2ncc(C)cc2C)c(C)cc1O. The second kappa shape index (κ2) is 6.48. The molecule has 0 aliphatic rings. The average molecular weight is 313 g/mol. The molecule has 2 rings (SSSR count). The number of carbonyl (C=O) groups is 2. The highest BCUT2D eigenvalue weighted by molar-refractivity contribution is 6.07. The third-order valence-corrected chi connectivity index (χ3v) is 3.51. The molecule has 0 saturated heterocycles. The molecule has 0 aliphatic heterocycles. The molecular weight excluding hydrogens is 294 g/mol. The summed E-state index contributed by atoms with van der Waals surface area (Å²) in [5.41, 5.74) is 2.78. The summed E-state index contributed by atoms with van der Waals surface area (Å²) in [6.45, 7) is 5.47. The van der Waals surface area contributed by atoms with Gasteiger partial charge in [-0.1, -0.05) is 6.07 Å². The van der Waals surface area contributed by atoms with Gasteiger partial charge < -0.3 is 15.7 Å². The summed E-state index contributed by atoms with van der Waals surface area (Å²) in [5, 5.41) is 15.0. The van der Waals surface area contributed by atoms with E-state index in [2.05, 4.69) is 15.6 Å². The normalized spacial score (nSPS) is 10.3. The molecule has 0 unspecified atom stereocenters. The van der Waals surface area contributed by atoms with E-state index in [9.17, 15) is 14.7 Å². The van der Waals surface area contributed by atoms with Gasteiger partial charge in [-0.15, -0.1) is 0 Å². The van der Waals surface area contributed by atoms with Crippen LogP contribution >= 0.6 is 0 Å². The minimum Gasteiger partial charge on any atom is -0.507 e. The zero-order valence-corrected chi connectivity index (χ0v) is 13.5. The second-order valence-electron chi connectivity index (χ2n) is 5.40. The summed E-state index contributed by atoms with van der Waals surface area (Å²) in [5.74, 6) is -0.536. The average Bonchev–Trinajstić information content (AvgIpc) is 2.49. The van der Waals surface area contributed by atoms with E-state index in [4.69, 9.17) is 0 Å². The number of aryl methyl sites for hydroxylation is 3. The number of phenols is 1. The molecule has 0 atom stereocenters. The third kappa shape index (κ3) is 3.48. The predicted octanol–water partition coefficient (Wildman–Crippen LogP) is 2.32. The molecule has 2 aromatic rings. The third-order valence-electron chi connectivity index (χ3n) is 3.51. The quantitative estimate of drug-likeness (QED) is 0.811. The number of nitrogens with one attached hydrogen (secondary N) is 2. The first-order chi connectivity index (χ1) is 10.8. The molecule has 0 bridgehead atoms. The van der Waals surface area contributed by atoms with Crippen molar-refractivity contribution in [3.63, 3.8) is 0 Å². The van der Waals surface area contributed by atoms with Gasteiger partial charge >= 0.3 is 0 Å². The van der Waals surface area contributed by atoms with Gasteiger partial charge in [-0.3, -0.25) is 9.59 Å². The molecule has 3 N–H and O–H groups in total. The summed E-state index contributed by atoms with van der Waals surface area (Å²) in [7, 11) is 1.46. The lowest BCUT2D eigenvalue weighted by molar-refractivity contribution is 0.0960. The molecule has 23 heavy (non-hydrogen) atoms. The lowest BCUT2D eigenvalue weighted by atomic mass is 10.0. The van der Waals surface area contributed by atoms with Gasteiger partial charge in [0.05, 0.1) is 5.56 Å². The first kappa shape index (κ1) is 16.5. The van der Waals surface area contributed by atoms with Crippen molar-refractivity contribution in [2.75, 3.05) is 12.4 Å². The molecule has 6 heteroatoms. The molecule has 0 radical (unpaired) electrons. The number of pyridine rings is 1. The topological polar surface area (TPSA) is 91.3 Å². The number of aromatic nitrogens is 1. The fourth-order valence-electron chi connectivity index (χ4n) is 2.27. The van der Waals surface area contributed by atoms with Crippen molar-refractivity contribution in [2.24, 2.45) is 0 Å². The number of hydrogen-bond donors (Lipinski definition) is 3. The molecule has 120 valence electrons. The molecule has 6 nitrogen and oxygen atoms in total. The first-order valence-corrected chi connectivity index (χ1v) is 7.13. The Morgan fingerprint density at radius 2 is 1.70 bits per heavy atom. The minimum atomic E-state index is -0.457. The fraction of sp³-hybridized carbons (Fsp3) is 0.235. The molecular formula is C17H19N3O3. The molecule has 0 spiro atoms. The maximum atomic E-state index is 12.5. The lowest BCUT2D eigenvalue weighted by Crippen LogP contribution is -2.20. The Morgan fingerprint density at radius 3 is 2.30 bits per heavy atom. The van der Waals surface area contributed by atoms with E-state index in [-0.39, 0.29) is 17.2 Å². The number of anilines is 1. The van der Waals surface area contributed by atoms with E-state index in [0.717, 1.165) is 11.1 Å². The Morgan fingerprint density at radius 1 is 1.00 bits per heavy atom. The zero-order chi connectivity index (χ0) is 17.1. The van der Waals surface area contributed by atoms with Gasteiger partial charge in [0, 0.05) is 18.8 Å². The van der Waals surface area contributed by atoms with E-state index < -0.39 is 5.91 Å². The number of aromatic hydroxyl groups is 1. The molecule has 2 amide bonds. The van der Waals surface area contributed by atoms with Gasteiger partial charge in [-0.25, -0.2) is 4.98 Å². The van der Waals surface area contributed by atoms with Crippen molar-refractivity contribution >= 4 is 17.6 Å². The predicted molar refractivity (Wildman–Crippen MR) is 87.9 cm³/mol. The van der Waals surface area contributed by atoms with E-state index in [1.807, 2.05) is 19.9 Å². The van der Waals surface area contributed by atoms with Crippen LogP contribution in [0.3, 0.4) is 0 Å². The number of phenolic OH excluding ortho intramolecular Hbond substituents is 1. The molecule has 1 aromatic heterocycles. The van der Waals surface area contributed by atoms with Crippen molar-refractivity contribution in [2.45, 2.75) is 20.8 Å². The van der Waals surface area contributed by atoms with Crippen LogP contribution in [-0.4, -0.2) is 29.0 Å². The second-order valence-corrected chi connectivity index (χ2v) is 5.40. The fourth-order valence-corrected chi connectivity index (χ4v) is 2.27. The van der Waals surface area contributed by atoms with E-state index in [1.165, 1.54) is 19.2 Å². The standard InChI is InChI=1S/C17H19N3O3/c1-9-5-11(3)15(19-8-9)20-17(23)12-7-13(16(22)18-4)14(21)6-10(12)2/h5-8,21H,1-4H3,(H,18,22)(H,19,20,23). The van der Waals surface area contributed by atoms with Gasteiger partial charge in [-0.2, -0.15) is 0 Å². The summed E-state index contributed by atoms with van der Waals surface area (Å²) < 4.78 is 0. The van der Waals surface area contributed by atoms with E-state index in [0.29, 0.717) is 16.9 Å². The van der Waals surface area contributed by atoms with Gasteiger partial charge in [0.2, 0.25) is 0 Å². The van der Waals surface area contributed by atoms with E-state index in [1.54, 1.807) is 13.1 Å². The van der Waals surface area contributed by atoms with Gasteiger partial charge in [-0.05, 0) is 49.6 Å². The van der Waals surface area contributed by atoms with Crippen LogP contribution in [0, 0.1) is 20.8 Å². The molecule has 0 fully saturated rings. The van der Waals surface area contributed by atoms with Crippen LogP contribution in [0.4, 0.5) is 5.82 Å². The van der Waals surface area contributed by atoms with Crippen LogP contribution in [0.15, 0.2) is 24.4 Å². The number of amides is 2. The highest BCUT2D eigenvalue weighted by atomic mass is 16.3. The van der Waals surface area contributed by atoms with Crippen molar-refractivity contribution < 1.29 is 14.7 Å². The van der Waals surface area contributed by atoms with Gasteiger partial charge in [0.1, 0.15) is 11.6 Å². The van der Waals surface area contributed by atoms with Crippen molar-refractivity contribution in [3.05, 3.63) is 52.2 Å². The minimum absolute atomic E-state index is 0.0526. The van der Waals surface area contributed by atoms with Crippen molar-refractivity contribution in [1.82, 2.24) is 10.3 Å². The van der Waals surface area contributed by atoms with Crippen LogP contribution in [-0.2, 0) is 0 Å². The Bertz CT molecular complexity index is 785. The molecule has 0 aliphatic carbocycles. The van der Waals surface area contributed by atoms with E-state index >= 15 is 0 Å². The maximum absolute atomic E-state index is 12.5. The monoisotopic (exact) mass is 313 g/mol. The van der Waals surface area contributed by atoms with Gasteiger partial charge in [0.15, 0.2) is 0 Å². The highest BCUT2D eigenvalue weighted by Crippen LogP contribution is 2.23. The zero-order valence-electron chi connectivity index (χ0n) is 13.5. The summed E-state index contributed by atoms with van der Waals surface area (Å²) in [6, 6.07) is 4.69. The summed E-state index contributed by atoms with van der Waals surface area (Å²) in [4.78, 5) is 28.4. The van der Waals surface area contributed by atoms with Crippen LogP contribution in [0.5, 0.6) is 5.75 Å². The molecule has 0 saturated carbocycles. The number of rotatable bonds is 3. The maximum Gasteiger partial charge on any atom is 0.257 e. The highest BCUT2D eigenvalue weighted by Gasteiger charge is 2.17. The Labute approximate surface area is 134 Å². The van der Waals surface area contributed by atoms with Crippen molar-refractivity contribution in [1.29, 1.82) is 0 Å². The van der Waals surface area contributed by atoms with Gasteiger partial charge in [0.25, 0.3) is 11.8 Å². The lowest BCUT2D eigenvalue weighted by Gasteiger charge is -2.12. The van der Waals surface area contributed by atoms with Crippen LogP contribution in [0.2, 0.25) is 0 Å². The summed E-state index contributed by atoms with van der Waals surface area (Å²) >= 11 is 0. The van der Waals surface area contributed by atoms with Crippen LogP contribution < -0.4 is 10.6 Å². The number of nitrogens with zero attached hydrogens (tertiary/aromatic N) is 1. The van der Waals surface area contributed by atoms with Crippen LogP contribution in [0.25, 0.3) is 0 Å². The smallest absolute Gasteiger partial charge is 0.257 e. The molecule has 1 heterocycles. The number of carbonyl (C=O) groups excluding carboxylic acids is 2. The van der Waals surface area contributed by atoms with Crippen LogP contribution in [0.1, 0.15) is 37.4 Å². The number of hydrogen-bond acceptors (Lipinski definition) is 4.